The summed E-state index contributed by atoms with van der Waals surface area (Å²) in [5.41, 5.74) is 1.58. The largest absolute Gasteiger partial charge is 0.392 e. The molecule has 0 aliphatic carbocycles. The number of nitrogens with zero attached hydrogens (tertiary/aromatic N) is 4. The number of aliphatic hydroxyl groups excluding tert-OH is 1. The highest BCUT2D eigenvalue weighted by atomic mass is 16.5. The minimum atomic E-state index is -0.410. The maximum Gasteiger partial charge on any atom is 0.248 e. The average Bonchev–Trinajstić information content (AvgIpc) is 2.61. The van der Waals surface area contributed by atoms with Gasteiger partial charge in [-0.3, -0.25) is 4.79 Å². The van der Waals surface area contributed by atoms with Gasteiger partial charge in [0.2, 0.25) is 11.9 Å². The van der Waals surface area contributed by atoms with Gasteiger partial charge in [-0.05, 0) is 46.1 Å². The van der Waals surface area contributed by atoms with Crippen LogP contribution in [0.4, 0.5) is 5.95 Å². The van der Waals surface area contributed by atoms with Crippen LogP contribution in [0.2, 0.25) is 0 Å². The number of hydrogen-bond donors (Lipinski definition) is 1. The summed E-state index contributed by atoms with van der Waals surface area (Å²) in [5, 5.41) is 10.8. The fourth-order valence-electron chi connectivity index (χ4n) is 4.22. The topological polar surface area (TPSA) is 78.8 Å². The van der Waals surface area contributed by atoms with Crippen LogP contribution >= 0.6 is 0 Å². The Balaban J connectivity index is 1.77. The first-order valence-electron chi connectivity index (χ1n) is 9.54. The number of piperidine rings is 2. The van der Waals surface area contributed by atoms with Crippen LogP contribution in [-0.2, 0) is 9.53 Å². The molecule has 0 bridgehead atoms. The third kappa shape index (κ3) is 3.99. The third-order valence-corrected chi connectivity index (χ3v) is 5.53. The van der Waals surface area contributed by atoms with E-state index < -0.39 is 6.10 Å². The summed E-state index contributed by atoms with van der Waals surface area (Å²) in [6, 6.07) is 1.97. The van der Waals surface area contributed by atoms with Crippen molar-refractivity contribution in [1.29, 1.82) is 0 Å². The van der Waals surface area contributed by atoms with Crippen molar-refractivity contribution in [2.45, 2.75) is 46.1 Å². The van der Waals surface area contributed by atoms with Crippen molar-refractivity contribution in [2.75, 3.05) is 44.3 Å². The quantitative estimate of drug-likeness (QED) is 0.870. The summed E-state index contributed by atoms with van der Waals surface area (Å²) in [7, 11) is 0. The van der Waals surface area contributed by atoms with Crippen LogP contribution in [0.15, 0.2) is 6.07 Å². The van der Waals surface area contributed by atoms with Crippen molar-refractivity contribution in [3.8, 4) is 0 Å². The number of carbonyl (C=O) groups excluding carboxylic acids is 1. The van der Waals surface area contributed by atoms with E-state index in [4.69, 9.17) is 4.74 Å². The first-order valence-corrected chi connectivity index (χ1v) is 9.54. The molecule has 26 heavy (non-hydrogen) atoms. The fraction of sp³-hybridized carbons (Fsp3) is 0.737. The van der Waals surface area contributed by atoms with E-state index in [1.54, 1.807) is 0 Å². The lowest BCUT2D eigenvalue weighted by Gasteiger charge is -2.51. The number of ether oxygens (including phenoxy) is 1. The third-order valence-electron chi connectivity index (χ3n) is 5.53. The smallest absolute Gasteiger partial charge is 0.248 e. The lowest BCUT2D eigenvalue weighted by Crippen LogP contribution is -2.60. The van der Waals surface area contributed by atoms with Gasteiger partial charge in [-0.25, -0.2) is 9.97 Å². The Bertz CT molecular complexity index is 633. The Morgan fingerprint density at radius 2 is 2.04 bits per heavy atom. The predicted octanol–water partition coefficient (Wildman–Crippen LogP) is 1.31. The van der Waals surface area contributed by atoms with Gasteiger partial charge in [0.1, 0.15) is 6.61 Å². The van der Waals surface area contributed by atoms with Gasteiger partial charge in [-0.15, -0.1) is 0 Å². The SMILES string of the molecule is CCOCC(=O)N1CCC[C@]2(C1)CN(c1nc(C)cc(C)n1)CC[C@H]2O. The highest BCUT2D eigenvalue weighted by Gasteiger charge is 2.46. The number of rotatable bonds is 4. The molecule has 1 aromatic heterocycles. The Labute approximate surface area is 155 Å². The molecule has 1 amide bonds. The lowest BCUT2D eigenvalue weighted by atomic mass is 9.71. The number of anilines is 1. The molecule has 1 spiro atoms. The number of likely N-dealkylation sites (tertiary alicyclic amines) is 1. The van der Waals surface area contributed by atoms with E-state index in [1.807, 2.05) is 31.7 Å². The molecule has 2 aliphatic heterocycles. The Kier molecular flexibility index (Phi) is 5.77. The van der Waals surface area contributed by atoms with Crippen molar-refractivity contribution < 1.29 is 14.6 Å². The number of aromatic nitrogens is 2. The number of aliphatic hydroxyl groups is 1. The zero-order chi connectivity index (χ0) is 18.7. The highest BCUT2D eigenvalue weighted by molar-refractivity contribution is 5.77. The van der Waals surface area contributed by atoms with Crippen molar-refractivity contribution in [2.24, 2.45) is 5.41 Å². The second-order valence-corrected chi connectivity index (χ2v) is 7.60. The van der Waals surface area contributed by atoms with Gasteiger partial charge < -0.3 is 19.6 Å². The molecule has 0 aromatic carbocycles. The molecule has 2 atom stereocenters. The Hall–Kier alpha value is -1.73. The zero-order valence-corrected chi connectivity index (χ0v) is 16.1. The molecular weight excluding hydrogens is 332 g/mol. The minimum Gasteiger partial charge on any atom is -0.392 e. The van der Waals surface area contributed by atoms with Gasteiger partial charge in [0.15, 0.2) is 0 Å². The number of hydrogen-bond acceptors (Lipinski definition) is 6. The van der Waals surface area contributed by atoms with Crippen molar-refractivity contribution in [3.05, 3.63) is 17.5 Å². The van der Waals surface area contributed by atoms with E-state index in [1.165, 1.54) is 0 Å². The molecule has 7 nitrogen and oxygen atoms in total. The van der Waals surface area contributed by atoms with Crippen molar-refractivity contribution in [3.63, 3.8) is 0 Å². The molecule has 144 valence electrons. The Morgan fingerprint density at radius 3 is 2.73 bits per heavy atom. The van der Waals surface area contributed by atoms with Crippen LogP contribution in [0.1, 0.15) is 37.6 Å². The summed E-state index contributed by atoms with van der Waals surface area (Å²) in [6.45, 7) is 9.20. The van der Waals surface area contributed by atoms with Crippen LogP contribution < -0.4 is 4.90 Å². The van der Waals surface area contributed by atoms with Gasteiger partial charge in [-0.1, -0.05) is 0 Å². The first-order chi connectivity index (χ1) is 12.4. The van der Waals surface area contributed by atoms with Gasteiger partial charge in [-0.2, -0.15) is 0 Å². The van der Waals surface area contributed by atoms with Crippen LogP contribution in [-0.4, -0.2) is 71.4 Å². The average molecular weight is 362 g/mol. The summed E-state index contributed by atoms with van der Waals surface area (Å²) in [4.78, 5) is 25.6. The monoisotopic (exact) mass is 362 g/mol. The van der Waals surface area contributed by atoms with Crippen molar-refractivity contribution >= 4 is 11.9 Å². The molecule has 1 N–H and O–H groups in total. The predicted molar refractivity (Wildman–Crippen MR) is 99.1 cm³/mol. The second kappa shape index (κ2) is 7.88. The summed E-state index contributed by atoms with van der Waals surface area (Å²) in [6.07, 6.45) is 2.07. The van der Waals surface area contributed by atoms with Crippen LogP contribution in [0.25, 0.3) is 0 Å². The molecular formula is C19H30N4O3. The fourth-order valence-corrected chi connectivity index (χ4v) is 4.22. The van der Waals surface area contributed by atoms with Crippen molar-refractivity contribution in [1.82, 2.24) is 14.9 Å². The van der Waals surface area contributed by atoms with E-state index in [0.717, 1.165) is 43.3 Å². The zero-order valence-electron chi connectivity index (χ0n) is 16.1. The van der Waals surface area contributed by atoms with Gasteiger partial charge in [0.05, 0.1) is 6.10 Å². The van der Waals surface area contributed by atoms with Gasteiger partial charge in [0.25, 0.3) is 0 Å². The Morgan fingerprint density at radius 1 is 1.31 bits per heavy atom. The molecule has 0 radical (unpaired) electrons. The van der Waals surface area contributed by atoms with E-state index in [-0.39, 0.29) is 17.9 Å². The maximum atomic E-state index is 12.4. The lowest BCUT2D eigenvalue weighted by molar-refractivity contribution is -0.142. The number of amides is 1. The van der Waals surface area contributed by atoms with E-state index in [0.29, 0.717) is 26.1 Å². The van der Waals surface area contributed by atoms with Crippen LogP contribution in [0.3, 0.4) is 0 Å². The minimum absolute atomic E-state index is 0.0119. The van der Waals surface area contributed by atoms with Crippen LogP contribution in [0, 0.1) is 19.3 Å². The van der Waals surface area contributed by atoms with Gasteiger partial charge in [0, 0.05) is 49.6 Å². The van der Waals surface area contributed by atoms with Crippen LogP contribution in [0.5, 0.6) is 0 Å². The number of carbonyl (C=O) groups is 1. The first kappa shape index (κ1) is 19.0. The summed E-state index contributed by atoms with van der Waals surface area (Å²) >= 11 is 0. The molecule has 0 unspecified atom stereocenters. The number of aryl methyl sites for hydroxylation is 2. The van der Waals surface area contributed by atoms with E-state index >= 15 is 0 Å². The molecule has 0 saturated carbocycles. The molecule has 7 heteroatoms. The second-order valence-electron chi connectivity index (χ2n) is 7.60. The molecule has 3 rings (SSSR count). The molecule has 1 aromatic rings. The molecule has 2 aliphatic rings. The molecule has 2 fully saturated rings. The summed E-state index contributed by atoms with van der Waals surface area (Å²) in [5.74, 6) is 0.740. The van der Waals surface area contributed by atoms with Gasteiger partial charge >= 0.3 is 0 Å². The summed E-state index contributed by atoms with van der Waals surface area (Å²) < 4.78 is 5.28. The van der Waals surface area contributed by atoms with E-state index in [2.05, 4.69) is 14.9 Å². The molecule has 2 saturated heterocycles. The van der Waals surface area contributed by atoms with E-state index in [9.17, 15) is 9.90 Å². The maximum absolute atomic E-state index is 12.4. The normalized spacial score (nSPS) is 26.4. The molecule has 3 heterocycles. The highest BCUT2D eigenvalue weighted by Crippen LogP contribution is 2.39. The standard InChI is InChI=1S/C19H30N4O3/c1-4-26-11-17(25)22-8-5-7-19(12-22)13-23(9-6-16(19)24)18-20-14(2)10-15(3)21-18/h10,16,24H,4-9,11-13H2,1-3H3/t16-,19+/m1/s1.